The number of carbonyl (C=O) groups is 1. The molecule has 0 bridgehead atoms. The van der Waals surface area contributed by atoms with Gasteiger partial charge in [-0.25, -0.2) is 17.2 Å². The van der Waals surface area contributed by atoms with Crippen molar-refractivity contribution in [1.29, 1.82) is 0 Å². The van der Waals surface area contributed by atoms with Gasteiger partial charge < -0.3 is 14.8 Å². The van der Waals surface area contributed by atoms with Gasteiger partial charge in [-0.2, -0.15) is 4.31 Å². The topological polar surface area (TPSA) is 84.9 Å². The lowest BCUT2D eigenvalue weighted by molar-refractivity contribution is 0.0730. The van der Waals surface area contributed by atoms with E-state index in [0.717, 1.165) is 18.2 Å². The molecule has 1 heterocycles. The number of nitrogens with one attached hydrogen (secondary N) is 1. The number of benzene rings is 2. The van der Waals surface area contributed by atoms with Gasteiger partial charge in [-0.3, -0.25) is 4.79 Å². The predicted molar refractivity (Wildman–Crippen MR) is 105 cm³/mol. The molecular weight excluding hydrogens is 418 g/mol. The second-order valence-corrected chi connectivity index (χ2v) is 8.68. The van der Waals surface area contributed by atoms with E-state index in [4.69, 9.17) is 9.47 Å². The van der Waals surface area contributed by atoms with Crippen LogP contribution >= 0.6 is 0 Å². The number of carbonyl (C=O) groups excluding carboxylic acids is 1. The molecule has 2 aromatic rings. The molecule has 1 unspecified atom stereocenters. The van der Waals surface area contributed by atoms with E-state index in [0.29, 0.717) is 13.2 Å². The van der Waals surface area contributed by atoms with E-state index in [1.54, 1.807) is 0 Å². The summed E-state index contributed by atoms with van der Waals surface area (Å²) in [6.45, 7) is 2.51. The Kier molecular flexibility index (Phi) is 6.69. The van der Waals surface area contributed by atoms with Crippen molar-refractivity contribution in [2.24, 2.45) is 0 Å². The van der Waals surface area contributed by atoms with Crippen LogP contribution in [0.15, 0.2) is 41.3 Å². The lowest BCUT2D eigenvalue weighted by atomic mass is 10.1. The highest BCUT2D eigenvalue weighted by Gasteiger charge is 2.28. The summed E-state index contributed by atoms with van der Waals surface area (Å²) in [6.07, 6.45) is 0. The Hall–Kier alpha value is -2.56. The molecule has 7 nitrogen and oxygen atoms in total. The summed E-state index contributed by atoms with van der Waals surface area (Å²) < 4.78 is 64.9. The van der Waals surface area contributed by atoms with E-state index in [1.165, 1.54) is 36.5 Å². The first-order chi connectivity index (χ1) is 14.2. The molecule has 0 radical (unpaired) electrons. The van der Waals surface area contributed by atoms with Gasteiger partial charge in [-0.05, 0) is 43.3 Å². The molecule has 1 atom stereocenters. The van der Waals surface area contributed by atoms with Crippen LogP contribution in [0.5, 0.6) is 5.75 Å². The number of hydrogen-bond donors (Lipinski definition) is 1. The van der Waals surface area contributed by atoms with E-state index >= 15 is 0 Å². The molecule has 0 spiro atoms. The highest BCUT2D eigenvalue weighted by molar-refractivity contribution is 7.89. The van der Waals surface area contributed by atoms with Crippen molar-refractivity contribution >= 4 is 15.9 Å². The van der Waals surface area contributed by atoms with Gasteiger partial charge in [-0.1, -0.05) is 0 Å². The van der Waals surface area contributed by atoms with Gasteiger partial charge >= 0.3 is 0 Å². The fraction of sp³-hybridized carbons (Fsp3) is 0.350. The first kappa shape index (κ1) is 22.1. The zero-order valence-electron chi connectivity index (χ0n) is 16.5. The molecule has 1 aliphatic heterocycles. The Morgan fingerprint density at radius 3 is 2.53 bits per heavy atom. The summed E-state index contributed by atoms with van der Waals surface area (Å²) >= 11 is 0. The number of amides is 1. The largest absolute Gasteiger partial charge is 0.496 e. The predicted octanol–water partition coefficient (Wildman–Crippen LogP) is 2.49. The smallest absolute Gasteiger partial charge is 0.255 e. The van der Waals surface area contributed by atoms with Gasteiger partial charge in [0.15, 0.2) is 0 Å². The van der Waals surface area contributed by atoms with Crippen LogP contribution in [0, 0.1) is 11.6 Å². The van der Waals surface area contributed by atoms with Crippen LogP contribution in [0.1, 0.15) is 28.9 Å². The van der Waals surface area contributed by atoms with Crippen LogP contribution in [0.2, 0.25) is 0 Å². The number of morpholine rings is 1. The SMILES string of the molecule is COc1ccc(S(=O)(=O)N2CCOCC2)cc1C(=O)NC(C)c1cc(F)ccc1F. The standard InChI is InChI=1S/C20H22F2N2O5S/c1-13(16-11-14(21)3-5-18(16)22)23-20(25)17-12-15(4-6-19(17)28-2)30(26,27)24-7-9-29-10-8-24/h3-6,11-13H,7-10H2,1-2H3,(H,23,25). The summed E-state index contributed by atoms with van der Waals surface area (Å²) in [6, 6.07) is 6.05. The van der Waals surface area contributed by atoms with Crippen LogP contribution in [0.3, 0.4) is 0 Å². The average molecular weight is 440 g/mol. The maximum Gasteiger partial charge on any atom is 0.255 e. The van der Waals surface area contributed by atoms with E-state index in [2.05, 4.69) is 5.32 Å². The third-order valence-electron chi connectivity index (χ3n) is 4.80. The number of methoxy groups -OCH3 is 1. The van der Waals surface area contributed by atoms with Gasteiger partial charge in [0.05, 0.1) is 36.8 Å². The van der Waals surface area contributed by atoms with Crippen LogP contribution in [-0.4, -0.2) is 52.0 Å². The molecule has 1 aliphatic rings. The Balaban J connectivity index is 1.89. The van der Waals surface area contributed by atoms with Crippen molar-refractivity contribution in [2.45, 2.75) is 17.9 Å². The van der Waals surface area contributed by atoms with Gasteiger partial charge in [0.25, 0.3) is 5.91 Å². The van der Waals surface area contributed by atoms with Gasteiger partial charge in [0, 0.05) is 18.7 Å². The van der Waals surface area contributed by atoms with E-state index in [-0.39, 0.29) is 34.9 Å². The van der Waals surface area contributed by atoms with Crippen molar-refractivity contribution < 1.29 is 31.5 Å². The van der Waals surface area contributed by atoms with Gasteiger partial charge in [0.1, 0.15) is 17.4 Å². The summed E-state index contributed by atoms with van der Waals surface area (Å²) in [5.41, 5.74) is -0.0603. The number of nitrogens with zero attached hydrogens (tertiary/aromatic N) is 1. The van der Waals surface area contributed by atoms with Crippen molar-refractivity contribution in [1.82, 2.24) is 9.62 Å². The summed E-state index contributed by atoms with van der Waals surface area (Å²) in [5, 5.41) is 2.56. The molecule has 1 saturated heterocycles. The third kappa shape index (κ3) is 4.61. The van der Waals surface area contributed by atoms with Crippen molar-refractivity contribution in [3.8, 4) is 5.75 Å². The molecular formula is C20H22F2N2O5S. The normalized spacial score (nSPS) is 16.1. The molecule has 10 heteroatoms. The lowest BCUT2D eigenvalue weighted by Crippen LogP contribution is -2.40. The summed E-state index contributed by atoms with van der Waals surface area (Å²) in [7, 11) is -2.48. The molecule has 1 amide bonds. The molecule has 1 fully saturated rings. The van der Waals surface area contributed by atoms with Crippen LogP contribution in [0.25, 0.3) is 0 Å². The monoisotopic (exact) mass is 440 g/mol. The number of ether oxygens (including phenoxy) is 2. The lowest BCUT2D eigenvalue weighted by Gasteiger charge is -2.26. The molecule has 162 valence electrons. The van der Waals surface area contributed by atoms with Crippen LogP contribution in [-0.2, 0) is 14.8 Å². The number of sulfonamides is 1. The minimum Gasteiger partial charge on any atom is -0.496 e. The first-order valence-corrected chi connectivity index (χ1v) is 10.7. The Bertz CT molecular complexity index is 1040. The minimum absolute atomic E-state index is 0.0283. The van der Waals surface area contributed by atoms with Crippen LogP contribution < -0.4 is 10.1 Å². The fourth-order valence-electron chi connectivity index (χ4n) is 3.16. The molecule has 3 rings (SSSR count). The fourth-order valence-corrected chi connectivity index (χ4v) is 4.59. The third-order valence-corrected chi connectivity index (χ3v) is 6.69. The zero-order chi connectivity index (χ0) is 21.9. The molecule has 30 heavy (non-hydrogen) atoms. The highest BCUT2D eigenvalue weighted by Crippen LogP contribution is 2.26. The molecule has 1 N–H and O–H groups in total. The Morgan fingerprint density at radius 1 is 1.17 bits per heavy atom. The number of halogens is 2. The average Bonchev–Trinajstić information content (AvgIpc) is 2.75. The van der Waals surface area contributed by atoms with Crippen molar-refractivity contribution in [3.05, 3.63) is 59.2 Å². The zero-order valence-corrected chi connectivity index (χ0v) is 17.3. The first-order valence-electron chi connectivity index (χ1n) is 9.26. The second-order valence-electron chi connectivity index (χ2n) is 6.74. The minimum atomic E-state index is -3.83. The maximum atomic E-state index is 14.0. The van der Waals surface area contributed by atoms with E-state index in [9.17, 15) is 22.0 Å². The maximum absolute atomic E-state index is 14.0. The summed E-state index contributed by atoms with van der Waals surface area (Å²) in [4.78, 5) is 12.8. The second kappa shape index (κ2) is 9.07. The molecule has 2 aromatic carbocycles. The Morgan fingerprint density at radius 2 is 1.87 bits per heavy atom. The molecule has 0 saturated carbocycles. The van der Waals surface area contributed by atoms with E-state index < -0.39 is 33.6 Å². The Labute approximate surface area is 173 Å². The molecule has 0 aromatic heterocycles. The quantitative estimate of drug-likeness (QED) is 0.746. The van der Waals surface area contributed by atoms with Crippen molar-refractivity contribution in [3.63, 3.8) is 0 Å². The summed E-state index contributed by atoms with van der Waals surface area (Å²) in [5.74, 6) is -1.83. The van der Waals surface area contributed by atoms with Gasteiger partial charge in [0.2, 0.25) is 10.0 Å². The highest BCUT2D eigenvalue weighted by atomic mass is 32.2. The van der Waals surface area contributed by atoms with Crippen molar-refractivity contribution in [2.75, 3.05) is 33.4 Å². The van der Waals surface area contributed by atoms with E-state index in [1.807, 2.05) is 0 Å². The van der Waals surface area contributed by atoms with Crippen LogP contribution in [0.4, 0.5) is 8.78 Å². The number of rotatable bonds is 6. The van der Waals surface area contributed by atoms with Gasteiger partial charge in [-0.15, -0.1) is 0 Å². The molecule has 0 aliphatic carbocycles. The number of hydrogen-bond acceptors (Lipinski definition) is 5.